The first-order chi connectivity index (χ1) is 13.5. The fourth-order valence-corrected chi connectivity index (χ4v) is 4.19. The Labute approximate surface area is 166 Å². The van der Waals surface area contributed by atoms with Gasteiger partial charge in [0.05, 0.1) is 33.2 Å². The number of sulfonamides is 1. The van der Waals surface area contributed by atoms with Gasteiger partial charge >= 0.3 is 0 Å². The van der Waals surface area contributed by atoms with E-state index in [1.165, 1.54) is 0 Å². The van der Waals surface area contributed by atoms with Crippen LogP contribution in [0.2, 0.25) is 0 Å². The Bertz CT molecular complexity index is 878. The summed E-state index contributed by atoms with van der Waals surface area (Å²) >= 11 is 0. The third-order valence-corrected chi connectivity index (χ3v) is 5.94. The lowest BCUT2D eigenvalue weighted by atomic mass is 10.2. The minimum absolute atomic E-state index is 0.0745. The highest BCUT2D eigenvalue weighted by atomic mass is 32.2. The molecule has 1 N–H and O–H groups in total. The molecule has 0 amide bonds. The van der Waals surface area contributed by atoms with Crippen molar-refractivity contribution in [3.63, 3.8) is 0 Å². The zero-order chi connectivity index (χ0) is 20.0. The molecule has 1 heterocycles. The highest BCUT2D eigenvalue weighted by Gasteiger charge is 2.15. The molecule has 28 heavy (non-hydrogen) atoms. The molecule has 0 aliphatic carbocycles. The number of methoxy groups -OCH3 is 2. The van der Waals surface area contributed by atoms with Crippen molar-refractivity contribution >= 4 is 15.7 Å². The number of morpholine rings is 1. The van der Waals surface area contributed by atoms with Crippen LogP contribution in [0.25, 0.3) is 0 Å². The highest BCUT2D eigenvalue weighted by Crippen LogP contribution is 2.24. The van der Waals surface area contributed by atoms with Crippen LogP contribution in [0.15, 0.2) is 42.5 Å². The van der Waals surface area contributed by atoms with E-state index in [1.54, 1.807) is 32.4 Å². The second-order valence-corrected chi connectivity index (χ2v) is 8.33. The Kier molecular flexibility index (Phi) is 6.77. The van der Waals surface area contributed by atoms with Gasteiger partial charge in [0.2, 0.25) is 10.0 Å². The number of benzene rings is 2. The second-order valence-electron chi connectivity index (χ2n) is 6.52. The summed E-state index contributed by atoms with van der Waals surface area (Å²) in [7, 11) is -0.366. The number of hydrogen-bond acceptors (Lipinski definition) is 6. The van der Waals surface area contributed by atoms with E-state index in [4.69, 9.17) is 14.2 Å². The minimum Gasteiger partial charge on any atom is -0.497 e. The number of nitrogens with zero attached hydrogens (tertiary/aromatic N) is 1. The summed E-state index contributed by atoms with van der Waals surface area (Å²) in [4.78, 5) is 2.23. The molecule has 1 aliphatic rings. The molecular weight excluding hydrogens is 380 g/mol. The lowest BCUT2D eigenvalue weighted by molar-refractivity contribution is 0.122. The zero-order valence-electron chi connectivity index (χ0n) is 16.2. The number of ether oxygens (including phenoxy) is 3. The Balaban J connectivity index is 1.61. The molecule has 0 saturated carbocycles. The van der Waals surface area contributed by atoms with E-state index in [9.17, 15) is 8.42 Å². The molecule has 0 bridgehead atoms. The maximum Gasteiger partial charge on any atom is 0.216 e. The molecule has 1 saturated heterocycles. The second kappa shape index (κ2) is 9.27. The first-order valence-electron chi connectivity index (χ1n) is 9.10. The molecule has 1 fully saturated rings. The molecule has 3 rings (SSSR count). The van der Waals surface area contributed by atoms with Crippen molar-refractivity contribution in [1.29, 1.82) is 0 Å². The number of rotatable bonds is 8. The van der Waals surface area contributed by atoms with Crippen LogP contribution in [0.5, 0.6) is 11.5 Å². The maximum absolute atomic E-state index is 12.5. The molecule has 0 atom stereocenters. The van der Waals surface area contributed by atoms with E-state index in [2.05, 4.69) is 9.62 Å². The van der Waals surface area contributed by atoms with Gasteiger partial charge in [-0.3, -0.25) is 0 Å². The van der Waals surface area contributed by atoms with Gasteiger partial charge in [0.1, 0.15) is 11.5 Å². The van der Waals surface area contributed by atoms with Crippen LogP contribution < -0.4 is 19.1 Å². The monoisotopic (exact) mass is 406 g/mol. The van der Waals surface area contributed by atoms with Crippen molar-refractivity contribution < 1.29 is 22.6 Å². The lowest BCUT2D eigenvalue weighted by Crippen LogP contribution is -2.36. The van der Waals surface area contributed by atoms with E-state index >= 15 is 0 Å². The van der Waals surface area contributed by atoms with Gasteiger partial charge in [-0.2, -0.15) is 0 Å². The van der Waals surface area contributed by atoms with E-state index < -0.39 is 10.0 Å². The standard InChI is InChI=1S/C20H26N2O5S/c1-25-19-8-5-17(20(13-19)26-2)14-21-28(23,24)15-16-3-6-18(7-4-16)22-9-11-27-12-10-22/h3-8,13,21H,9-12,14-15H2,1-2H3. The average Bonchev–Trinajstić information content (AvgIpc) is 2.73. The van der Waals surface area contributed by atoms with Crippen molar-refractivity contribution in [2.24, 2.45) is 0 Å². The fourth-order valence-electron chi connectivity index (χ4n) is 3.08. The number of anilines is 1. The highest BCUT2D eigenvalue weighted by molar-refractivity contribution is 7.88. The van der Waals surface area contributed by atoms with E-state index in [0.29, 0.717) is 11.5 Å². The van der Waals surface area contributed by atoms with Gasteiger partial charge in [0.25, 0.3) is 0 Å². The molecular formula is C20H26N2O5S. The molecule has 8 heteroatoms. The van der Waals surface area contributed by atoms with Gasteiger partial charge in [-0.25, -0.2) is 13.1 Å². The van der Waals surface area contributed by atoms with Gasteiger partial charge in [-0.15, -0.1) is 0 Å². The predicted molar refractivity (Wildman–Crippen MR) is 108 cm³/mol. The van der Waals surface area contributed by atoms with Gasteiger partial charge < -0.3 is 19.1 Å². The van der Waals surface area contributed by atoms with Crippen molar-refractivity contribution in [3.8, 4) is 11.5 Å². The average molecular weight is 407 g/mol. The van der Waals surface area contributed by atoms with Crippen molar-refractivity contribution in [3.05, 3.63) is 53.6 Å². The first kappa shape index (κ1) is 20.4. The zero-order valence-corrected chi connectivity index (χ0v) is 17.0. The summed E-state index contributed by atoms with van der Waals surface area (Å²) in [6.07, 6.45) is 0. The Hall–Kier alpha value is -2.29. The minimum atomic E-state index is -3.48. The predicted octanol–water partition coefficient (Wildman–Crippen LogP) is 2.16. The molecule has 7 nitrogen and oxygen atoms in total. The van der Waals surface area contributed by atoms with E-state index in [-0.39, 0.29) is 12.3 Å². The topological polar surface area (TPSA) is 77.1 Å². The van der Waals surface area contributed by atoms with Crippen LogP contribution in [0, 0.1) is 0 Å². The molecule has 0 aromatic heterocycles. The summed E-state index contributed by atoms with van der Waals surface area (Å²) in [6.45, 7) is 3.29. The van der Waals surface area contributed by atoms with Gasteiger partial charge in [-0.05, 0) is 23.8 Å². The third-order valence-electron chi connectivity index (χ3n) is 4.65. The van der Waals surface area contributed by atoms with E-state index in [1.807, 2.05) is 24.3 Å². The van der Waals surface area contributed by atoms with Crippen LogP contribution in [0.1, 0.15) is 11.1 Å². The molecule has 2 aromatic rings. The Morgan fingerprint density at radius 3 is 2.39 bits per heavy atom. The lowest BCUT2D eigenvalue weighted by Gasteiger charge is -2.28. The van der Waals surface area contributed by atoms with Crippen molar-refractivity contribution in [1.82, 2.24) is 4.72 Å². The van der Waals surface area contributed by atoms with E-state index in [0.717, 1.165) is 43.1 Å². The Morgan fingerprint density at radius 1 is 1.04 bits per heavy atom. The van der Waals surface area contributed by atoms with Crippen LogP contribution in [0.3, 0.4) is 0 Å². The summed E-state index contributed by atoms with van der Waals surface area (Å²) in [6, 6.07) is 12.9. The number of hydrogen-bond donors (Lipinski definition) is 1. The molecule has 0 radical (unpaired) electrons. The SMILES string of the molecule is COc1ccc(CNS(=O)(=O)Cc2ccc(N3CCOCC3)cc2)c(OC)c1. The summed E-state index contributed by atoms with van der Waals surface area (Å²) < 4.78 is 43.4. The smallest absolute Gasteiger partial charge is 0.216 e. The van der Waals surface area contributed by atoms with Crippen LogP contribution in [0.4, 0.5) is 5.69 Å². The summed E-state index contributed by atoms with van der Waals surface area (Å²) in [5.74, 6) is 1.16. The van der Waals surface area contributed by atoms with Gasteiger partial charge in [0, 0.05) is 37.0 Å². The first-order valence-corrected chi connectivity index (χ1v) is 10.8. The molecule has 1 aliphatic heterocycles. The third kappa shape index (κ3) is 5.37. The Morgan fingerprint density at radius 2 is 1.75 bits per heavy atom. The van der Waals surface area contributed by atoms with Crippen molar-refractivity contribution in [2.75, 3.05) is 45.4 Å². The number of nitrogens with one attached hydrogen (secondary N) is 1. The largest absolute Gasteiger partial charge is 0.497 e. The normalized spacial score (nSPS) is 14.7. The molecule has 152 valence electrons. The maximum atomic E-state index is 12.5. The molecule has 2 aromatic carbocycles. The van der Waals surface area contributed by atoms with Crippen LogP contribution in [-0.4, -0.2) is 48.9 Å². The molecule has 0 unspecified atom stereocenters. The van der Waals surface area contributed by atoms with Crippen LogP contribution in [-0.2, 0) is 27.1 Å². The van der Waals surface area contributed by atoms with Crippen molar-refractivity contribution in [2.45, 2.75) is 12.3 Å². The van der Waals surface area contributed by atoms with Crippen LogP contribution >= 0.6 is 0 Å². The summed E-state index contributed by atoms with van der Waals surface area (Å²) in [5, 5.41) is 0. The summed E-state index contributed by atoms with van der Waals surface area (Å²) in [5.41, 5.74) is 2.57. The fraction of sp³-hybridized carbons (Fsp3) is 0.400. The van der Waals surface area contributed by atoms with Gasteiger partial charge in [0.15, 0.2) is 0 Å². The molecule has 0 spiro atoms. The van der Waals surface area contributed by atoms with Gasteiger partial charge in [-0.1, -0.05) is 18.2 Å². The quantitative estimate of drug-likeness (QED) is 0.724.